The summed E-state index contributed by atoms with van der Waals surface area (Å²) in [5, 5.41) is 5.27. The van der Waals surface area contributed by atoms with Crippen LogP contribution < -0.4 is 10.6 Å². The van der Waals surface area contributed by atoms with E-state index in [0.717, 1.165) is 0 Å². The number of aromatic nitrogens is 5. The SMILES string of the molecule is C#Cc1cccc(C(=O)Nc2nc3c(C(=O)Nc4ncc[nH]4)cccc3[nH]2)n1. The Morgan fingerprint density at radius 1 is 1.00 bits per heavy atom. The minimum atomic E-state index is -0.474. The Bertz CT molecular complexity index is 1220. The highest BCUT2D eigenvalue weighted by molar-refractivity contribution is 6.11. The molecule has 28 heavy (non-hydrogen) atoms. The number of amides is 2. The quantitative estimate of drug-likeness (QED) is 0.409. The van der Waals surface area contributed by atoms with Gasteiger partial charge in [0.2, 0.25) is 11.9 Å². The lowest BCUT2D eigenvalue weighted by Gasteiger charge is -2.02. The van der Waals surface area contributed by atoms with Crippen LogP contribution in [0.1, 0.15) is 26.5 Å². The number of para-hydroxylation sites is 1. The van der Waals surface area contributed by atoms with Crippen LogP contribution in [0.3, 0.4) is 0 Å². The van der Waals surface area contributed by atoms with Crippen LogP contribution in [0.5, 0.6) is 0 Å². The van der Waals surface area contributed by atoms with Gasteiger partial charge >= 0.3 is 0 Å². The molecule has 0 saturated carbocycles. The summed E-state index contributed by atoms with van der Waals surface area (Å²) in [6, 6.07) is 9.90. The number of pyridine rings is 1. The normalized spacial score (nSPS) is 10.4. The van der Waals surface area contributed by atoms with Crippen LogP contribution in [0.25, 0.3) is 11.0 Å². The van der Waals surface area contributed by atoms with Gasteiger partial charge in [0.05, 0.1) is 11.1 Å². The van der Waals surface area contributed by atoms with Gasteiger partial charge in [-0.05, 0) is 24.3 Å². The molecule has 0 atom stereocenters. The van der Waals surface area contributed by atoms with Gasteiger partial charge in [0, 0.05) is 12.4 Å². The van der Waals surface area contributed by atoms with Crippen LogP contribution >= 0.6 is 0 Å². The van der Waals surface area contributed by atoms with Gasteiger partial charge in [-0.2, -0.15) is 0 Å². The molecule has 9 heteroatoms. The average molecular weight is 371 g/mol. The van der Waals surface area contributed by atoms with E-state index in [-0.39, 0.29) is 17.5 Å². The van der Waals surface area contributed by atoms with Crippen molar-refractivity contribution in [1.29, 1.82) is 0 Å². The zero-order valence-electron chi connectivity index (χ0n) is 14.4. The third-order valence-corrected chi connectivity index (χ3v) is 3.85. The molecule has 0 fully saturated rings. The highest BCUT2D eigenvalue weighted by Gasteiger charge is 2.16. The fraction of sp³-hybridized carbons (Fsp3) is 0. The molecule has 4 aromatic rings. The van der Waals surface area contributed by atoms with E-state index in [1.807, 2.05) is 0 Å². The Hall–Kier alpha value is -4.45. The second-order valence-electron chi connectivity index (χ2n) is 5.69. The maximum atomic E-state index is 12.5. The number of hydrogen-bond donors (Lipinski definition) is 4. The first-order valence-electron chi connectivity index (χ1n) is 8.18. The number of hydrogen-bond acceptors (Lipinski definition) is 5. The van der Waals surface area contributed by atoms with Crippen LogP contribution in [0.2, 0.25) is 0 Å². The molecular weight excluding hydrogens is 358 g/mol. The molecule has 0 bridgehead atoms. The average Bonchev–Trinajstić information content (AvgIpc) is 3.36. The molecule has 0 aliphatic heterocycles. The Labute approximate surface area is 158 Å². The standard InChI is InChI=1S/C19H13N7O2/c1-2-11-5-3-8-14(22-11)17(28)26-19-23-13-7-4-6-12(15(13)24-19)16(27)25-18-20-9-10-21-18/h1,3-10H,(H2,20,21,25,27)(H2,23,24,26,28). The number of aromatic amines is 2. The number of nitrogens with zero attached hydrogens (tertiary/aromatic N) is 3. The van der Waals surface area contributed by atoms with Crippen LogP contribution in [-0.2, 0) is 0 Å². The summed E-state index contributed by atoms with van der Waals surface area (Å²) in [7, 11) is 0. The summed E-state index contributed by atoms with van der Waals surface area (Å²) in [6.07, 6.45) is 8.44. The van der Waals surface area contributed by atoms with Crippen LogP contribution in [0.15, 0.2) is 48.8 Å². The number of rotatable bonds is 4. The Kier molecular flexibility index (Phi) is 4.28. The maximum Gasteiger partial charge on any atom is 0.276 e. The third kappa shape index (κ3) is 3.30. The van der Waals surface area contributed by atoms with Crippen molar-refractivity contribution in [2.24, 2.45) is 0 Å². The molecule has 0 saturated heterocycles. The molecule has 4 rings (SSSR count). The molecular formula is C19H13N7O2. The predicted octanol–water partition coefficient (Wildman–Crippen LogP) is 2.17. The molecule has 0 radical (unpaired) electrons. The number of anilines is 2. The number of H-pyrrole nitrogens is 2. The van der Waals surface area contributed by atoms with Crippen LogP contribution in [-0.4, -0.2) is 36.7 Å². The minimum Gasteiger partial charge on any atom is -0.331 e. The van der Waals surface area contributed by atoms with Gasteiger partial charge in [0.15, 0.2) is 0 Å². The fourth-order valence-electron chi connectivity index (χ4n) is 2.60. The van der Waals surface area contributed by atoms with E-state index >= 15 is 0 Å². The summed E-state index contributed by atoms with van der Waals surface area (Å²) < 4.78 is 0. The second-order valence-corrected chi connectivity index (χ2v) is 5.69. The van der Waals surface area contributed by atoms with E-state index in [4.69, 9.17) is 6.42 Å². The van der Waals surface area contributed by atoms with Gasteiger partial charge in [-0.15, -0.1) is 6.42 Å². The number of carbonyl (C=O) groups excluding carboxylic acids is 2. The van der Waals surface area contributed by atoms with Gasteiger partial charge in [0.25, 0.3) is 11.8 Å². The van der Waals surface area contributed by atoms with Crippen molar-refractivity contribution in [3.8, 4) is 12.3 Å². The summed E-state index contributed by atoms with van der Waals surface area (Å²) >= 11 is 0. The molecule has 0 aliphatic carbocycles. The largest absolute Gasteiger partial charge is 0.331 e. The summed E-state index contributed by atoms with van der Waals surface area (Å²) in [5.74, 6) is 2.03. The van der Waals surface area contributed by atoms with Crippen molar-refractivity contribution >= 4 is 34.7 Å². The lowest BCUT2D eigenvalue weighted by atomic mass is 10.2. The monoisotopic (exact) mass is 371 g/mol. The number of benzene rings is 1. The summed E-state index contributed by atoms with van der Waals surface area (Å²) in [5.41, 5.74) is 1.85. The molecule has 1 aromatic carbocycles. The number of fused-ring (bicyclic) bond motifs is 1. The van der Waals surface area contributed by atoms with Crippen molar-refractivity contribution in [3.63, 3.8) is 0 Å². The highest BCUT2D eigenvalue weighted by Crippen LogP contribution is 2.20. The van der Waals surface area contributed by atoms with Gasteiger partial charge in [-0.3, -0.25) is 20.2 Å². The Morgan fingerprint density at radius 2 is 1.82 bits per heavy atom. The highest BCUT2D eigenvalue weighted by atomic mass is 16.2. The minimum absolute atomic E-state index is 0.159. The first-order chi connectivity index (χ1) is 13.6. The molecule has 0 unspecified atom stereocenters. The molecule has 3 aromatic heterocycles. The molecule has 0 aliphatic rings. The molecule has 136 valence electrons. The molecule has 9 nitrogen and oxygen atoms in total. The molecule has 2 amide bonds. The van der Waals surface area contributed by atoms with Gasteiger partial charge in [-0.25, -0.2) is 15.0 Å². The van der Waals surface area contributed by atoms with Crippen LogP contribution in [0.4, 0.5) is 11.9 Å². The smallest absolute Gasteiger partial charge is 0.276 e. The lowest BCUT2D eigenvalue weighted by molar-refractivity contribution is 0.101. The van der Waals surface area contributed by atoms with E-state index < -0.39 is 5.91 Å². The van der Waals surface area contributed by atoms with Gasteiger partial charge in [-0.1, -0.05) is 18.1 Å². The van der Waals surface area contributed by atoms with Crippen molar-refractivity contribution in [2.75, 3.05) is 10.6 Å². The predicted molar refractivity (Wildman–Crippen MR) is 103 cm³/mol. The topological polar surface area (TPSA) is 128 Å². The molecule has 0 spiro atoms. The van der Waals surface area contributed by atoms with Crippen LogP contribution in [0, 0.1) is 12.3 Å². The number of terminal acetylenes is 1. The second kappa shape index (κ2) is 7.05. The Morgan fingerprint density at radius 3 is 2.61 bits per heavy atom. The first kappa shape index (κ1) is 17.0. The van der Waals surface area contributed by atoms with Crippen molar-refractivity contribution in [2.45, 2.75) is 0 Å². The number of imidazole rings is 2. The summed E-state index contributed by atoms with van der Waals surface area (Å²) in [4.78, 5) is 43.0. The number of carbonyl (C=O) groups is 2. The van der Waals surface area contributed by atoms with E-state index in [2.05, 4.69) is 41.5 Å². The maximum absolute atomic E-state index is 12.5. The van der Waals surface area contributed by atoms with E-state index in [1.54, 1.807) is 42.6 Å². The van der Waals surface area contributed by atoms with Crippen molar-refractivity contribution < 1.29 is 9.59 Å². The zero-order valence-corrected chi connectivity index (χ0v) is 14.4. The fourth-order valence-corrected chi connectivity index (χ4v) is 2.60. The van der Waals surface area contributed by atoms with E-state index in [1.165, 1.54) is 6.20 Å². The Balaban J connectivity index is 1.60. The molecule has 4 N–H and O–H groups in total. The van der Waals surface area contributed by atoms with E-state index in [9.17, 15) is 9.59 Å². The van der Waals surface area contributed by atoms with E-state index in [0.29, 0.717) is 28.2 Å². The lowest BCUT2D eigenvalue weighted by Crippen LogP contribution is -2.15. The summed E-state index contributed by atoms with van der Waals surface area (Å²) in [6.45, 7) is 0. The van der Waals surface area contributed by atoms with Crippen molar-refractivity contribution in [3.05, 3.63) is 65.7 Å². The molecule has 3 heterocycles. The first-order valence-corrected chi connectivity index (χ1v) is 8.18. The van der Waals surface area contributed by atoms with Gasteiger partial charge in [0.1, 0.15) is 16.9 Å². The number of nitrogens with one attached hydrogen (secondary N) is 4. The van der Waals surface area contributed by atoms with Gasteiger partial charge < -0.3 is 9.97 Å². The zero-order chi connectivity index (χ0) is 19.5. The van der Waals surface area contributed by atoms with Crippen molar-refractivity contribution in [1.82, 2.24) is 24.9 Å². The third-order valence-electron chi connectivity index (χ3n) is 3.85.